The lowest BCUT2D eigenvalue weighted by molar-refractivity contribution is 0.237. The van der Waals surface area contributed by atoms with E-state index in [4.69, 9.17) is 11.6 Å². The number of benzene rings is 1. The van der Waals surface area contributed by atoms with Crippen molar-refractivity contribution in [2.24, 2.45) is 5.41 Å². The van der Waals surface area contributed by atoms with Crippen molar-refractivity contribution >= 4 is 17.3 Å². The van der Waals surface area contributed by atoms with Crippen LogP contribution in [0.4, 0.5) is 10.1 Å². The Balaban J connectivity index is 2.10. The lowest BCUT2D eigenvalue weighted by Gasteiger charge is -2.40. The Labute approximate surface area is 114 Å². The average molecular weight is 270 g/mol. The minimum absolute atomic E-state index is 0.145. The van der Waals surface area contributed by atoms with Crippen LogP contribution in [0.5, 0.6) is 0 Å². The molecule has 0 bridgehead atoms. The summed E-state index contributed by atoms with van der Waals surface area (Å²) in [6.07, 6.45) is 3.48. The molecule has 0 saturated carbocycles. The fourth-order valence-electron chi connectivity index (χ4n) is 2.53. The zero-order valence-corrected chi connectivity index (χ0v) is 11.9. The predicted molar refractivity (Wildman–Crippen MR) is 75.8 cm³/mol. The lowest BCUT2D eigenvalue weighted by atomic mass is 9.78. The number of rotatable bonds is 3. The van der Waals surface area contributed by atoms with Gasteiger partial charge in [-0.2, -0.15) is 0 Å². The molecule has 100 valence electrons. The molecular weight excluding hydrogens is 249 g/mol. The van der Waals surface area contributed by atoms with Crippen LogP contribution in [0.25, 0.3) is 0 Å². The Bertz CT molecular complexity index is 411. The first-order chi connectivity index (χ1) is 8.58. The zero-order chi connectivity index (χ0) is 13.2. The number of nitrogens with zero attached hydrogens (tertiary/aromatic N) is 1. The lowest BCUT2D eigenvalue weighted by Crippen LogP contribution is -2.38. The van der Waals surface area contributed by atoms with Crippen molar-refractivity contribution in [3.8, 4) is 0 Å². The highest BCUT2D eigenvalue weighted by Crippen LogP contribution is 2.36. The van der Waals surface area contributed by atoms with Gasteiger partial charge in [0.05, 0.1) is 5.69 Å². The van der Waals surface area contributed by atoms with E-state index >= 15 is 0 Å². The van der Waals surface area contributed by atoms with E-state index in [0.29, 0.717) is 11.3 Å². The highest BCUT2D eigenvalue weighted by atomic mass is 35.5. The van der Waals surface area contributed by atoms with Crippen LogP contribution in [-0.2, 0) is 5.88 Å². The minimum Gasteiger partial charge on any atom is -0.369 e. The largest absolute Gasteiger partial charge is 0.369 e. The molecule has 1 aromatic carbocycles. The van der Waals surface area contributed by atoms with Crippen LogP contribution >= 0.6 is 11.6 Å². The number of hydrogen-bond acceptors (Lipinski definition) is 1. The van der Waals surface area contributed by atoms with Gasteiger partial charge in [0.15, 0.2) is 0 Å². The summed E-state index contributed by atoms with van der Waals surface area (Å²) in [5.74, 6) is 0.221. The van der Waals surface area contributed by atoms with Crippen LogP contribution in [0.2, 0.25) is 0 Å². The molecule has 0 aliphatic carbocycles. The van der Waals surface area contributed by atoms with Crippen LogP contribution in [0.1, 0.15) is 38.7 Å². The molecule has 1 aliphatic heterocycles. The van der Waals surface area contributed by atoms with E-state index < -0.39 is 0 Å². The van der Waals surface area contributed by atoms with Gasteiger partial charge in [-0.25, -0.2) is 4.39 Å². The summed E-state index contributed by atoms with van der Waals surface area (Å²) in [4.78, 5) is 2.16. The van der Waals surface area contributed by atoms with E-state index in [9.17, 15) is 4.39 Å². The summed E-state index contributed by atoms with van der Waals surface area (Å²) >= 11 is 5.71. The Morgan fingerprint density at radius 3 is 2.50 bits per heavy atom. The normalized spacial score (nSPS) is 19.0. The molecule has 1 aliphatic rings. The Kier molecular flexibility index (Phi) is 4.16. The highest BCUT2D eigenvalue weighted by molar-refractivity contribution is 6.17. The fourth-order valence-corrected chi connectivity index (χ4v) is 2.70. The predicted octanol–water partition coefficient (Wildman–Crippen LogP) is 4.58. The van der Waals surface area contributed by atoms with Gasteiger partial charge in [0.2, 0.25) is 0 Å². The van der Waals surface area contributed by atoms with Crippen LogP contribution in [0, 0.1) is 11.2 Å². The Morgan fingerprint density at radius 2 is 2.00 bits per heavy atom. The van der Waals surface area contributed by atoms with Crippen LogP contribution < -0.4 is 4.90 Å². The van der Waals surface area contributed by atoms with Crippen molar-refractivity contribution in [2.45, 2.75) is 39.0 Å². The van der Waals surface area contributed by atoms with Crippen molar-refractivity contribution in [1.29, 1.82) is 0 Å². The Hall–Kier alpha value is -0.760. The minimum atomic E-state index is -0.145. The molecule has 0 N–H and O–H groups in total. The molecule has 1 nitrogen and oxygen atoms in total. The van der Waals surface area contributed by atoms with E-state index in [1.165, 1.54) is 6.42 Å². The monoisotopic (exact) mass is 269 g/mol. The van der Waals surface area contributed by atoms with Crippen molar-refractivity contribution in [3.63, 3.8) is 0 Å². The molecule has 18 heavy (non-hydrogen) atoms. The molecule has 1 aromatic rings. The van der Waals surface area contributed by atoms with Crippen molar-refractivity contribution in [1.82, 2.24) is 0 Å². The SMILES string of the molecule is CCC1(C)CCN(c2ccc(CCl)cc2F)CC1. The number of halogens is 2. The van der Waals surface area contributed by atoms with Gasteiger partial charge in [-0.15, -0.1) is 11.6 Å². The summed E-state index contributed by atoms with van der Waals surface area (Å²) in [5, 5.41) is 0. The van der Waals surface area contributed by atoms with Gasteiger partial charge in [0.25, 0.3) is 0 Å². The first-order valence-electron chi connectivity index (χ1n) is 6.67. The van der Waals surface area contributed by atoms with Gasteiger partial charge in [-0.05, 0) is 36.0 Å². The molecule has 1 fully saturated rings. The first-order valence-corrected chi connectivity index (χ1v) is 7.21. The molecule has 0 radical (unpaired) electrons. The number of anilines is 1. The quantitative estimate of drug-likeness (QED) is 0.726. The third kappa shape index (κ3) is 2.80. The van der Waals surface area contributed by atoms with Crippen molar-refractivity contribution in [2.75, 3.05) is 18.0 Å². The van der Waals surface area contributed by atoms with E-state index in [1.54, 1.807) is 6.07 Å². The first kappa shape index (κ1) is 13.7. The second kappa shape index (κ2) is 5.48. The zero-order valence-electron chi connectivity index (χ0n) is 11.2. The molecule has 0 atom stereocenters. The molecular formula is C15H21ClFN. The number of alkyl halides is 1. The van der Waals surface area contributed by atoms with Gasteiger partial charge < -0.3 is 4.90 Å². The summed E-state index contributed by atoms with van der Waals surface area (Å²) < 4.78 is 14.0. The molecule has 1 saturated heterocycles. The maximum absolute atomic E-state index is 14.0. The second-order valence-corrected chi connectivity index (χ2v) is 5.84. The Morgan fingerprint density at radius 1 is 1.33 bits per heavy atom. The van der Waals surface area contributed by atoms with Gasteiger partial charge in [0.1, 0.15) is 5.82 Å². The average Bonchev–Trinajstić information content (AvgIpc) is 2.40. The van der Waals surface area contributed by atoms with Gasteiger partial charge >= 0.3 is 0 Å². The van der Waals surface area contributed by atoms with E-state index in [0.717, 1.165) is 37.2 Å². The standard InChI is InChI=1S/C15H21ClFN/c1-3-15(2)6-8-18(9-7-15)14-5-4-12(11-16)10-13(14)17/h4-5,10H,3,6-9,11H2,1-2H3. The molecule has 1 heterocycles. The van der Waals surface area contributed by atoms with Gasteiger partial charge in [-0.1, -0.05) is 26.3 Å². The second-order valence-electron chi connectivity index (χ2n) is 5.57. The van der Waals surface area contributed by atoms with Crippen LogP contribution in [-0.4, -0.2) is 13.1 Å². The van der Waals surface area contributed by atoms with Crippen LogP contribution in [0.15, 0.2) is 18.2 Å². The molecule has 3 heteroatoms. The number of hydrogen-bond donors (Lipinski definition) is 0. The highest BCUT2D eigenvalue weighted by Gasteiger charge is 2.29. The van der Waals surface area contributed by atoms with Gasteiger partial charge in [-0.3, -0.25) is 0 Å². The number of piperidine rings is 1. The summed E-state index contributed by atoms with van der Waals surface area (Å²) in [6.45, 7) is 6.46. The van der Waals surface area contributed by atoms with E-state index in [1.807, 2.05) is 12.1 Å². The van der Waals surface area contributed by atoms with E-state index in [-0.39, 0.29) is 5.82 Å². The van der Waals surface area contributed by atoms with E-state index in [2.05, 4.69) is 18.7 Å². The topological polar surface area (TPSA) is 3.24 Å². The molecule has 0 spiro atoms. The van der Waals surface area contributed by atoms with Crippen molar-refractivity contribution < 1.29 is 4.39 Å². The molecule has 0 aromatic heterocycles. The summed E-state index contributed by atoms with van der Waals surface area (Å²) in [6, 6.07) is 5.33. The maximum atomic E-state index is 14.0. The maximum Gasteiger partial charge on any atom is 0.146 e. The third-order valence-corrected chi connectivity index (χ3v) is 4.64. The fraction of sp³-hybridized carbons (Fsp3) is 0.600. The summed E-state index contributed by atoms with van der Waals surface area (Å²) in [5.41, 5.74) is 2.00. The third-order valence-electron chi connectivity index (χ3n) is 4.33. The van der Waals surface area contributed by atoms with Crippen molar-refractivity contribution in [3.05, 3.63) is 29.6 Å². The van der Waals surface area contributed by atoms with Gasteiger partial charge in [0, 0.05) is 19.0 Å². The molecule has 0 amide bonds. The van der Waals surface area contributed by atoms with Crippen LogP contribution in [0.3, 0.4) is 0 Å². The molecule has 0 unspecified atom stereocenters. The molecule has 2 rings (SSSR count). The smallest absolute Gasteiger partial charge is 0.146 e. The summed E-state index contributed by atoms with van der Waals surface area (Å²) in [7, 11) is 0.